The summed E-state index contributed by atoms with van der Waals surface area (Å²) >= 11 is 6.18. The molecule has 27 heavy (non-hydrogen) atoms. The lowest BCUT2D eigenvalue weighted by Gasteiger charge is -2.15. The Kier molecular flexibility index (Phi) is 5.52. The van der Waals surface area contributed by atoms with E-state index in [1.807, 2.05) is 18.2 Å². The van der Waals surface area contributed by atoms with Crippen molar-refractivity contribution < 1.29 is 19.0 Å². The lowest BCUT2D eigenvalue weighted by Crippen LogP contribution is -2.13. The molecule has 0 saturated carbocycles. The van der Waals surface area contributed by atoms with Crippen LogP contribution in [0.1, 0.15) is 10.4 Å². The first-order valence-corrected chi connectivity index (χ1v) is 8.36. The molecule has 0 spiro atoms. The molecule has 1 heterocycles. The van der Waals surface area contributed by atoms with Crippen LogP contribution in [0.3, 0.4) is 0 Å². The van der Waals surface area contributed by atoms with Gasteiger partial charge in [-0.15, -0.1) is 0 Å². The molecule has 3 rings (SSSR count). The third kappa shape index (κ3) is 3.68. The number of nitrogens with zero attached hydrogens (tertiary/aromatic N) is 2. The second-order valence-electron chi connectivity index (χ2n) is 5.46. The Balaban J connectivity index is 1.88. The molecule has 0 aliphatic rings. The first kappa shape index (κ1) is 18.6. The van der Waals surface area contributed by atoms with Gasteiger partial charge in [-0.3, -0.25) is 4.79 Å². The van der Waals surface area contributed by atoms with Gasteiger partial charge in [0.05, 0.1) is 55.7 Å². The highest BCUT2D eigenvalue weighted by Gasteiger charge is 2.21. The summed E-state index contributed by atoms with van der Waals surface area (Å²) in [7, 11) is 4.46. The lowest BCUT2D eigenvalue weighted by atomic mass is 10.1. The van der Waals surface area contributed by atoms with E-state index in [0.717, 1.165) is 0 Å². The molecular weight excluding hydrogens is 370 g/mol. The van der Waals surface area contributed by atoms with Crippen LogP contribution in [0.25, 0.3) is 5.69 Å². The number of hydrogen-bond donors (Lipinski definition) is 1. The number of rotatable bonds is 6. The number of amides is 1. The van der Waals surface area contributed by atoms with Gasteiger partial charge in [-0.25, -0.2) is 4.68 Å². The van der Waals surface area contributed by atoms with Crippen LogP contribution in [0.2, 0.25) is 5.02 Å². The van der Waals surface area contributed by atoms with Crippen LogP contribution >= 0.6 is 11.6 Å². The van der Waals surface area contributed by atoms with E-state index < -0.39 is 0 Å². The summed E-state index contributed by atoms with van der Waals surface area (Å²) in [6, 6.07) is 10.5. The summed E-state index contributed by atoms with van der Waals surface area (Å²) in [5.41, 5.74) is 1.53. The second-order valence-corrected chi connectivity index (χ2v) is 5.87. The number of benzene rings is 2. The average Bonchev–Trinajstić information content (AvgIpc) is 3.14. The van der Waals surface area contributed by atoms with Crippen molar-refractivity contribution >= 4 is 23.2 Å². The minimum Gasteiger partial charge on any atom is -0.493 e. The Morgan fingerprint density at radius 1 is 1.04 bits per heavy atom. The molecular formula is C19H18ClN3O4. The number of ether oxygens (including phenoxy) is 3. The zero-order chi connectivity index (χ0) is 19.4. The maximum atomic E-state index is 12.7. The number of para-hydroxylation sites is 1. The molecule has 0 aliphatic carbocycles. The number of hydrogen-bond acceptors (Lipinski definition) is 5. The summed E-state index contributed by atoms with van der Waals surface area (Å²) in [5.74, 6) is 0.733. The summed E-state index contributed by atoms with van der Waals surface area (Å²) in [5, 5.41) is 7.58. The van der Waals surface area contributed by atoms with E-state index in [0.29, 0.717) is 33.5 Å². The Morgan fingerprint density at radius 3 is 2.44 bits per heavy atom. The van der Waals surface area contributed by atoms with E-state index >= 15 is 0 Å². The standard InChI is InChI=1S/C19H18ClN3O4/c1-25-16-9-8-13(17(26-2)18(16)27-3)19(24)22-12-10-21-23(11-12)15-7-5-4-6-14(15)20/h4-11H,1-3H3,(H,22,24). The van der Waals surface area contributed by atoms with Crippen molar-refractivity contribution in [3.63, 3.8) is 0 Å². The van der Waals surface area contributed by atoms with Crippen LogP contribution in [-0.4, -0.2) is 37.0 Å². The smallest absolute Gasteiger partial charge is 0.259 e. The van der Waals surface area contributed by atoms with Gasteiger partial charge in [0.15, 0.2) is 11.5 Å². The predicted octanol–water partition coefficient (Wildman–Crippen LogP) is 3.80. The van der Waals surface area contributed by atoms with E-state index in [4.69, 9.17) is 25.8 Å². The average molecular weight is 388 g/mol. The Labute approximate surface area is 161 Å². The lowest BCUT2D eigenvalue weighted by molar-refractivity contribution is 0.102. The number of carbonyl (C=O) groups excluding carboxylic acids is 1. The van der Waals surface area contributed by atoms with Gasteiger partial charge >= 0.3 is 0 Å². The van der Waals surface area contributed by atoms with E-state index in [-0.39, 0.29) is 11.7 Å². The van der Waals surface area contributed by atoms with E-state index in [1.165, 1.54) is 27.5 Å². The Hall–Kier alpha value is -3.19. The van der Waals surface area contributed by atoms with Crippen LogP contribution in [0, 0.1) is 0 Å². The van der Waals surface area contributed by atoms with E-state index in [2.05, 4.69) is 10.4 Å². The van der Waals surface area contributed by atoms with Gasteiger partial charge in [-0.05, 0) is 24.3 Å². The fourth-order valence-corrected chi connectivity index (χ4v) is 2.86. The molecule has 0 unspecified atom stereocenters. The molecule has 140 valence electrons. The number of methoxy groups -OCH3 is 3. The van der Waals surface area contributed by atoms with Crippen LogP contribution in [0.5, 0.6) is 17.2 Å². The minimum atomic E-state index is -0.369. The minimum absolute atomic E-state index is 0.285. The third-order valence-corrected chi connectivity index (χ3v) is 4.21. The molecule has 1 aromatic heterocycles. The summed E-state index contributed by atoms with van der Waals surface area (Å²) in [4.78, 5) is 12.7. The van der Waals surface area contributed by atoms with Crippen molar-refractivity contribution in [2.75, 3.05) is 26.6 Å². The van der Waals surface area contributed by atoms with Crippen LogP contribution in [0.4, 0.5) is 5.69 Å². The zero-order valence-corrected chi connectivity index (χ0v) is 15.8. The summed E-state index contributed by atoms with van der Waals surface area (Å²) in [6.45, 7) is 0. The van der Waals surface area contributed by atoms with Gasteiger partial charge in [0.2, 0.25) is 5.75 Å². The van der Waals surface area contributed by atoms with Gasteiger partial charge in [0.25, 0.3) is 5.91 Å². The van der Waals surface area contributed by atoms with E-state index in [1.54, 1.807) is 29.1 Å². The molecule has 2 aromatic carbocycles. The molecule has 0 fully saturated rings. The maximum absolute atomic E-state index is 12.7. The van der Waals surface area contributed by atoms with E-state index in [9.17, 15) is 4.79 Å². The first-order chi connectivity index (χ1) is 13.1. The largest absolute Gasteiger partial charge is 0.493 e. The Bertz CT molecular complexity index is 971. The van der Waals surface area contributed by atoms with Gasteiger partial charge < -0.3 is 19.5 Å². The maximum Gasteiger partial charge on any atom is 0.259 e. The molecule has 0 saturated heterocycles. The van der Waals surface area contributed by atoms with Crippen LogP contribution in [0.15, 0.2) is 48.8 Å². The molecule has 0 atom stereocenters. The normalized spacial score (nSPS) is 10.4. The fourth-order valence-electron chi connectivity index (χ4n) is 2.64. The highest BCUT2D eigenvalue weighted by molar-refractivity contribution is 6.32. The Morgan fingerprint density at radius 2 is 1.78 bits per heavy atom. The van der Waals surface area contributed by atoms with Crippen molar-refractivity contribution in [1.82, 2.24) is 9.78 Å². The molecule has 3 aromatic rings. The topological polar surface area (TPSA) is 74.6 Å². The number of carbonyl (C=O) groups is 1. The summed E-state index contributed by atoms with van der Waals surface area (Å²) in [6.07, 6.45) is 3.21. The molecule has 1 N–H and O–H groups in total. The highest BCUT2D eigenvalue weighted by Crippen LogP contribution is 2.39. The summed E-state index contributed by atoms with van der Waals surface area (Å²) < 4.78 is 17.5. The monoisotopic (exact) mass is 387 g/mol. The molecule has 0 radical (unpaired) electrons. The highest BCUT2D eigenvalue weighted by atomic mass is 35.5. The molecule has 0 bridgehead atoms. The van der Waals surface area contributed by atoms with Gasteiger partial charge in [0, 0.05) is 0 Å². The van der Waals surface area contributed by atoms with Crippen LogP contribution < -0.4 is 19.5 Å². The fraction of sp³-hybridized carbons (Fsp3) is 0.158. The SMILES string of the molecule is COc1ccc(C(=O)Nc2cnn(-c3ccccc3Cl)c2)c(OC)c1OC. The van der Waals surface area contributed by atoms with Crippen LogP contribution in [-0.2, 0) is 0 Å². The van der Waals surface area contributed by atoms with Crippen molar-refractivity contribution in [3.05, 3.63) is 59.4 Å². The number of anilines is 1. The molecule has 7 nitrogen and oxygen atoms in total. The van der Waals surface area contributed by atoms with Crippen molar-refractivity contribution in [2.45, 2.75) is 0 Å². The first-order valence-electron chi connectivity index (χ1n) is 7.99. The molecule has 8 heteroatoms. The molecule has 1 amide bonds. The third-order valence-electron chi connectivity index (χ3n) is 3.89. The second kappa shape index (κ2) is 8.01. The predicted molar refractivity (Wildman–Crippen MR) is 103 cm³/mol. The number of halogens is 1. The van der Waals surface area contributed by atoms with Crippen molar-refractivity contribution in [1.29, 1.82) is 0 Å². The van der Waals surface area contributed by atoms with Gasteiger partial charge in [0.1, 0.15) is 0 Å². The molecule has 0 aliphatic heterocycles. The van der Waals surface area contributed by atoms with Crippen molar-refractivity contribution in [2.24, 2.45) is 0 Å². The quantitative estimate of drug-likeness (QED) is 0.696. The number of aromatic nitrogens is 2. The van der Waals surface area contributed by atoms with Gasteiger partial charge in [-0.1, -0.05) is 23.7 Å². The number of nitrogens with one attached hydrogen (secondary N) is 1. The van der Waals surface area contributed by atoms with Crippen molar-refractivity contribution in [3.8, 4) is 22.9 Å². The zero-order valence-electron chi connectivity index (χ0n) is 15.0. The van der Waals surface area contributed by atoms with Gasteiger partial charge in [-0.2, -0.15) is 5.10 Å².